The van der Waals surface area contributed by atoms with Crippen molar-refractivity contribution in [2.24, 2.45) is 5.41 Å². The molecule has 0 aromatic heterocycles. The summed E-state index contributed by atoms with van der Waals surface area (Å²) in [5.41, 5.74) is 1.84. The summed E-state index contributed by atoms with van der Waals surface area (Å²) < 4.78 is 0. The maximum Gasteiger partial charge on any atom is 0.319 e. The molecule has 19 heavy (non-hydrogen) atoms. The second-order valence-corrected chi connectivity index (χ2v) is 5.68. The minimum atomic E-state index is -0.188. The summed E-state index contributed by atoms with van der Waals surface area (Å²) in [6, 6.07) is 7.50. The van der Waals surface area contributed by atoms with Gasteiger partial charge in [-0.25, -0.2) is 4.79 Å². The predicted molar refractivity (Wildman–Crippen MR) is 78.3 cm³/mol. The molecule has 0 radical (unpaired) electrons. The van der Waals surface area contributed by atoms with Gasteiger partial charge in [-0.2, -0.15) is 0 Å². The zero-order valence-corrected chi connectivity index (χ0v) is 12.0. The first kappa shape index (κ1) is 15.5. The molecule has 0 unspecified atom stereocenters. The van der Waals surface area contributed by atoms with E-state index in [1.165, 1.54) is 0 Å². The first-order valence-electron chi connectivity index (χ1n) is 6.65. The van der Waals surface area contributed by atoms with Gasteiger partial charge in [0.15, 0.2) is 0 Å². The summed E-state index contributed by atoms with van der Waals surface area (Å²) in [6.07, 6.45) is 1.74. The lowest BCUT2D eigenvalue weighted by molar-refractivity contribution is 0.148. The summed E-state index contributed by atoms with van der Waals surface area (Å²) >= 11 is 0. The molecule has 0 bridgehead atoms. The van der Waals surface area contributed by atoms with Gasteiger partial charge in [-0.3, -0.25) is 0 Å². The largest absolute Gasteiger partial charge is 0.396 e. The van der Waals surface area contributed by atoms with Crippen LogP contribution in [0.3, 0.4) is 0 Å². The Morgan fingerprint density at radius 2 is 2.11 bits per heavy atom. The molecule has 0 atom stereocenters. The third-order valence-electron chi connectivity index (χ3n) is 3.02. The Morgan fingerprint density at radius 3 is 2.74 bits per heavy atom. The van der Waals surface area contributed by atoms with Crippen molar-refractivity contribution in [3.8, 4) is 0 Å². The molecule has 0 fully saturated rings. The van der Waals surface area contributed by atoms with Crippen molar-refractivity contribution in [2.45, 2.75) is 33.6 Å². The van der Waals surface area contributed by atoms with Crippen LogP contribution in [0.4, 0.5) is 10.5 Å². The minimum absolute atomic E-state index is 0.0747. The van der Waals surface area contributed by atoms with Crippen LogP contribution in [0.1, 0.15) is 32.3 Å². The maximum atomic E-state index is 11.6. The van der Waals surface area contributed by atoms with Crippen LogP contribution < -0.4 is 10.6 Å². The van der Waals surface area contributed by atoms with Crippen molar-refractivity contribution >= 4 is 11.7 Å². The molecule has 0 heterocycles. The summed E-state index contributed by atoms with van der Waals surface area (Å²) in [6.45, 7) is 6.79. The predicted octanol–water partition coefficient (Wildman–Crippen LogP) is 2.92. The van der Waals surface area contributed by atoms with E-state index in [1.807, 2.05) is 45.0 Å². The third kappa shape index (κ3) is 6.25. The number of aliphatic hydroxyl groups excluding tert-OH is 1. The summed E-state index contributed by atoms with van der Waals surface area (Å²) in [5, 5.41) is 14.7. The fourth-order valence-electron chi connectivity index (χ4n) is 1.75. The molecule has 0 saturated carbocycles. The summed E-state index contributed by atoms with van der Waals surface area (Å²) in [5.74, 6) is 0. The topological polar surface area (TPSA) is 61.4 Å². The lowest BCUT2D eigenvalue weighted by Crippen LogP contribution is -2.30. The van der Waals surface area contributed by atoms with Gasteiger partial charge in [-0.15, -0.1) is 0 Å². The smallest absolute Gasteiger partial charge is 0.319 e. The fourth-order valence-corrected chi connectivity index (χ4v) is 1.75. The van der Waals surface area contributed by atoms with Crippen LogP contribution in [0.15, 0.2) is 24.3 Å². The van der Waals surface area contributed by atoms with Gasteiger partial charge in [0, 0.05) is 18.8 Å². The zero-order chi connectivity index (χ0) is 14.3. The molecule has 2 amide bonds. The Labute approximate surface area is 115 Å². The van der Waals surface area contributed by atoms with E-state index >= 15 is 0 Å². The number of aliphatic hydroxyl groups is 1. The monoisotopic (exact) mass is 264 g/mol. The van der Waals surface area contributed by atoms with E-state index in [2.05, 4.69) is 10.6 Å². The molecule has 0 saturated heterocycles. The fraction of sp³-hybridized carbons (Fsp3) is 0.533. The van der Waals surface area contributed by atoms with Crippen molar-refractivity contribution in [1.29, 1.82) is 0 Å². The van der Waals surface area contributed by atoms with Gasteiger partial charge in [-0.05, 0) is 42.9 Å². The van der Waals surface area contributed by atoms with Gasteiger partial charge in [0.1, 0.15) is 0 Å². The number of benzene rings is 1. The minimum Gasteiger partial charge on any atom is -0.396 e. The first-order valence-corrected chi connectivity index (χ1v) is 6.65. The van der Waals surface area contributed by atoms with Crippen molar-refractivity contribution in [2.75, 3.05) is 18.5 Å². The van der Waals surface area contributed by atoms with E-state index in [9.17, 15) is 4.79 Å². The standard InChI is InChI=1S/C15H24N2O2/c1-12-6-4-7-13(10-12)17-14(19)16-9-5-8-15(2,3)11-18/h4,6-7,10,18H,5,8-9,11H2,1-3H3,(H2,16,17,19). The van der Waals surface area contributed by atoms with E-state index in [4.69, 9.17) is 5.11 Å². The average molecular weight is 264 g/mol. The highest BCUT2D eigenvalue weighted by Gasteiger charge is 2.15. The molecule has 0 aliphatic carbocycles. The Kier molecular flexibility index (Phi) is 5.83. The number of carbonyl (C=O) groups is 1. The van der Waals surface area contributed by atoms with E-state index in [0.717, 1.165) is 24.1 Å². The van der Waals surface area contributed by atoms with Crippen molar-refractivity contribution in [1.82, 2.24) is 5.32 Å². The van der Waals surface area contributed by atoms with E-state index < -0.39 is 0 Å². The van der Waals surface area contributed by atoms with E-state index in [1.54, 1.807) is 0 Å². The van der Waals surface area contributed by atoms with Crippen LogP contribution >= 0.6 is 0 Å². The van der Waals surface area contributed by atoms with Gasteiger partial charge in [-0.1, -0.05) is 26.0 Å². The molecular weight excluding hydrogens is 240 g/mol. The van der Waals surface area contributed by atoms with Crippen molar-refractivity contribution in [3.05, 3.63) is 29.8 Å². The van der Waals surface area contributed by atoms with E-state index in [-0.39, 0.29) is 18.1 Å². The quantitative estimate of drug-likeness (QED) is 0.692. The highest BCUT2D eigenvalue weighted by atomic mass is 16.3. The molecule has 1 aromatic rings. The second kappa shape index (κ2) is 7.14. The highest BCUT2D eigenvalue weighted by Crippen LogP contribution is 2.20. The maximum absolute atomic E-state index is 11.6. The third-order valence-corrected chi connectivity index (χ3v) is 3.02. The van der Waals surface area contributed by atoms with Crippen LogP contribution in [0.25, 0.3) is 0 Å². The van der Waals surface area contributed by atoms with Gasteiger partial charge >= 0.3 is 6.03 Å². The van der Waals surface area contributed by atoms with Gasteiger partial charge in [0.05, 0.1) is 0 Å². The van der Waals surface area contributed by atoms with Gasteiger partial charge < -0.3 is 15.7 Å². The van der Waals surface area contributed by atoms with Crippen LogP contribution in [-0.2, 0) is 0 Å². The number of amides is 2. The SMILES string of the molecule is Cc1cccc(NC(=O)NCCCC(C)(C)CO)c1. The Morgan fingerprint density at radius 1 is 1.37 bits per heavy atom. The zero-order valence-electron chi connectivity index (χ0n) is 12.0. The Bertz CT molecular complexity index is 416. The normalized spacial score (nSPS) is 11.2. The number of nitrogens with one attached hydrogen (secondary N) is 2. The molecule has 4 nitrogen and oxygen atoms in total. The van der Waals surface area contributed by atoms with Crippen LogP contribution in [0, 0.1) is 12.3 Å². The van der Waals surface area contributed by atoms with Gasteiger partial charge in [0.2, 0.25) is 0 Å². The number of urea groups is 1. The molecule has 0 aliphatic heterocycles. The summed E-state index contributed by atoms with van der Waals surface area (Å²) in [7, 11) is 0. The molecule has 0 spiro atoms. The lowest BCUT2D eigenvalue weighted by atomic mass is 9.89. The van der Waals surface area contributed by atoms with Crippen LogP contribution in [0.2, 0.25) is 0 Å². The molecule has 0 aliphatic rings. The first-order chi connectivity index (χ1) is 8.93. The summed E-state index contributed by atoms with van der Waals surface area (Å²) in [4.78, 5) is 11.6. The second-order valence-electron chi connectivity index (χ2n) is 5.68. The number of aryl methyl sites for hydroxylation is 1. The molecule has 4 heteroatoms. The van der Waals surface area contributed by atoms with Crippen molar-refractivity contribution in [3.63, 3.8) is 0 Å². The number of rotatable bonds is 6. The lowest BCUT2D eigenvalue weighted by Gasteiger charge is -2.21. The molecule has 106 valence electrons. The Hall–Kier alpha value is -1.55. The molecular formula is C15H24N2O2. The highest BCUT2D eigenvalue weighted by molar-refractivity contribution is 5.89. The Balaban J connectivity index is 2.25. The van der Waals surface area contributed by atoms with Gasteiger partial charge in [0.25, 0.3) is 0 Å². The molecule has 1 rings (SSSR count). The number of hydrogen-bond donors (Lipinski definition) is 3. The number of anilines is 1. The molecule has 1 aromatic carbocycles. The van der Waals surface area contributed by atoms with Crippen LogP contribution in [0.5, 0.6) is 0 Å². The van der Waals surface area contributed by atoms with E-state index in [0.29, 0.717) is 6.54 Å². The van der Waals surface area contributed by atoms with Crippen LogP contribution in [-0.4, -0.2) is 24.3 Å². The van der Waals surface area contributed by atoms with Crippen molar-refractivity contribution < 1.29 is 9.90 Å². The average Bonchev–Trinajstić information content (AvgIpc) is 2.35. The number of hydrogen-bond acceptors (Lipinski definition) is 2. The number of carbonyl (C=O) groups excluding carboxylic acids is 1. The molecule has 3 N–H and O–H groups in total.